The van der Waals surface area contributed by atoms with Crippen molar-refractivity contribution < 1.29 is 9.53 Å². The van der Waals surface area contributed by atoms with Gasteiger partial charge in [-0.1, -0.05) is 20.3 Å². The summed E-state index contributed by atoms with van der Waals surface area (Å²) in [5.74, 6) is 2.84. The predicted octanol–water partition coefficient (Wildman–Crippen LogP) is 2.80. The monoisotopic (exact) mass is 435 g/mol. The van der Waals surface area contributed by atoms with Gasteiger partial charge in [-0.25, -0.2) is 4.79 Å². The van der Waals surface area contributed by atoms with E-state index >= 15 is 0 Å². The fourth-order valence-corrected chi connectivity index (χ4v) is 3.74. The minimum Gasteiger partial charge on any atom is -0.444 e. The first-order valence-electron chi connectivity index (χ1n) is 11.6. The lowest BCUT2D eigenvalue weighted by molar-refractivity contribution is 0.0448. The van der Waals surface area contributed by atoms with Crippen molar-refractivity contribution >= 4 is 12.1 Å². The Balaban J connectivity index is 1.87. The molecule has 0 bridgehead atoms. The summed E-state index contributed by atoms with van der Waals surface area (Å²) in [4.78, 5) is 16.7. The molecule has 1 aromatic heterocycles. The van der Waals surface area contributed by atoms with E-state index in [1.807, 2.05) is 20.8 Å². The van der Waals surface area contributed by atoms with E-state index in [-0.39, 0.29) is 0 Å². The van der Waals surface area contributed by atoms with Crippen LogP contribution in [0.1, 0.15) is 78.4 Å². The molecule has 2 heterocycles. The molecule has 0 fully saturated rings. The number of amides is 1. The molecule has 0 aliphatic carbocycles. The van der Waals surface area contributed by atoms with Gasteiger partial charge >= 0.3 is 6.09 Å². The van der Waals surface area contributed by atoms with Gasteiger partial charge < -0.3 is 25.3 Å². The molecule has 9 nitrogen and oxygen atoms in total. The number of nitrogens with zero attached hydrogens (tertiary/aromatic N) is 4. The lowest BCUT2D eigenvalue weighted by Gasteiger charge is -2.34. The van der Waals surface area contributed by atoms with Crippen LogP contribution in [0.3, 0.4) is 0 Å². The second kappa shape index (κ2) is 11.3. The number of fused-ring (bicyclic) bond motifs is 1. The number of hydrogen-bond donors (Lipinski definition) is 3. The molecular formula is C22H41N7O2. The Morgan fingerprint density at radius 2 is 1.87 bits per heavy atom. The maximum absolute atomic E-state index is 12.3. The number of carbonyl (C=O) groups is 1. The Morgan fingerprint density at radius 3 is 2.52 bits per heavy atom. The number of hydrogen-bond acceptors (Lipinski definition) is 5. The third-order valence-corrected chi connectivity index (χ3v) is 5.76. The SMILES string of the molecule is CCC(CC)(CNC(=NC)NCCc1nnc2n1CCCCC2)NC(=O)OC(C)(C)C. The molecule has 1 aliphatic rings. The summed E-state index contributed by atoms with van der Waals surface area (Å²) in [7, 11) is 1.75. The highest BCUT2D eigenvalue weighted by molar-refractivity contribution is 5.79. The zero-order chi connectivity index (χ0) is 22.9. The van der Waals surface area contributed by atoms with Crippen LogP contribution >= 0.6 is 0 Å². The van der Waals surface area contributed by atoms with Gasteiger partial charge in [0.2, 0.25) is 0 Å². The van der Waals surface area contributed by atoms with Gasteiger partial charge in [0.05, 0.1) is 5.54 Å². The number of nitrogens with one attached hydrogen (secondary N) is 3. The number of aromatic nitrogens is 3. The maximum atomic E-state index is 12.3. The van der Waals surface area contributed by atoms with Crippen LogP contribution in [0.2, 0.25) is 0 Å². The van der Waals surface area contributed by atoms with Crippen LogP contribution in [0.5, 0.6) is 0 Å². The summed E-state index contributed by atoms with van der Waals surface area (Å²) in [6.07, 6.45) is 6.61. The van der Waals surface area contributed by atoms with Gasteiger partial charge in [-0.15, -0.1) is 10.2 Å². The van der Waals surface area contributed by atoms with Crippen LogP contribution in [-0.4, -0.2) is 58.1 Å². The molecule has 0 saturated heterocycles. The number of rotatable bonds is 8. The topological polar surface area (TPSA) is 105 Å². The van der Waals surface area contributed by atoms with E-state index in [4.69, 9.17) is 4.74 Å². The van der Waals surface area contributed by atoms with E-state index in [9.17, 15) is 4.79 Å². The molecule has 1 amide bonds. The first-order valence-corrected chi connectivity index (χ1v) is 11.6. The quantitative estimate of drug-likeness (QED) is 0.428. The van der Waals surface area contributed by atoms with Crippen molar-refractivity contribution in [2.45, 2.75) is 97.2 Å². The van der Waals surface area contributed by atoms with Crippen LogP contribution in [0.15, 0.2) is 4.99 Å². The minimum atomic E-state index is -0.526. The number of aryl methyl sites for hydroxylation is 1. The molecule has 1 aliphatic heterocycles. The van der Waals surface area contributed by atoms with Gasteiger partial charge in [-0.05, 0) is 46.5 Å². The van der Waals surface area contributed by atoms with Gasteiger partial charge in [0.1, 0.15) is 17.2 Å². The molecule has 0 aromatic carbocycles. The number of ether oxygens (including phenoxy) is 1. The van der Waals surface area contributed by atoms with Crippen molar-refractivity contribution in [1.82, 2.24) is 30.7 Å². The second-order valence-corrected chi connectivity index (χ2v) is 9.21. The van der Waals surface area contributed by atoms with E-state index in [0.717, 1.165) is 43.9 Å². The van der Waals surface area contributed by atoms with E-state index in [1.165, 1.54) is 19.3 Å². The van der Waals surface area contributed by atoms with Crippen molar-refractivity contribution in [3.05, 3.63) is 11.6 Å². The van der Waals surface area contributed by atoms with Gasteiger partial charge in [0.25, 0.3) is 0 Å². The second-order valence-electron chi connectivity index (χ2n) is 9.21. The smallest absolute Gasteiger partial charge is 0.408 e. The standard InChI is InChI=1S/C22H41N7O2/c1-7-22(8-2,26-20(30)31-21(3,4)5)16-25-19(23-6)24-14-13-18-28-27-17-12-10-9-11-15-29(17)18/h7-16H2,1-6H3,(H,26,30)(H2,23,24,25). The Hall–Kier alpha value is -2.32. The Kier molecular flexibility index (Phi) is 9.13. The largest absolute Gasteiger partial charge is 0.444 e. The fourth-order valence-electron chi connectivity index (χ4n) is 3.74. The summed E-state index contributed by atoms with van der Waals surface area (Å²) in [6, 6.07) is 0. The van der Waals surface area contributed by atoms with Crippen LogP contribution in [0.4, 0.5) is 4.79 Å². The summed E-state index contributed by atoms with van der Waals surface area (Å²) in [6.45, 7) is 12.0. The highest BCUT2D eigenvalue weighted by atomic mass is 16.6. The molecule has 0 saturated carbocycles. The third-order valence-electron chi connectivity index (χ3n) is 5.76. The number of aliphatic imine (C=N–C) groups is 1. The zero-order valence-corrected chi connectivity index (χ0v) is 20.2. The predicted molar refractivity (Wildman–Crippen MR) is 123 cm³/mol. The Morgan fingerprint density at radius 1 is 1.13 bits per heavy atom. The van der Waals surface area contributed by atoms with Crippen LogP contribution in [-0.2, 0) is 24.1 Å². The molecule has 31 heavy (non-hydrogen) atoms. The van der Waals surface area contributed by atoms with Crippen LogP contribution in [0.25, 0.3) is 0 Å². The number of guanidine groups is 1. The van der Waals surface area contributed by atoms with Crippen molar-refractivity contribution in [2.75, 3.05) is 20.1 Å². The molecule has 2 rings (SSSR count). The van der Waals surface area contributed by atoms with Crippen molar-refractivity contribution in [1.29, 1.82) is 0 Å². The first kappa shape index (κ1) is 24.9. The highest BCUT2D eigenvalue weighted by Gasteiger charge is 2.30. The van der Waals surface area contributed by atoms with E-state index in [1.54, 1.807) is 7.05 Å². The Labute approximate surface area is 186 Å². The Bertz CT molecular complexity index is 733. The molecule has 0 spiro atoms. The molecular weight excluding hydrogens is 394 g/mol. The van der Waals surface area contributed by atoms with E-state index in [0.29, 0.717) is 19.0 Å². The van der Waals surface area contributed by atoms with Gasteiger partial charge in [0.15, 0.2) is 5.96 Å². The molecule has 0 unspecified atom stereocenters. The van der Waals surface area contributed by atoms with Gasteiger partial charge in [-0.3, -0.25) is 4.99 Å². The molecule has 9 heteroatoms. The molecule has 1 aromatic rings. The summed E-state index contributed by atoms with van der Waals surface area (Å²) in [5, 5.41) is 18.5. The highest BCUT2D eigenvalue weighted by Crippen LogP contribution is 2.17. The summed E-state index contributed by atoms with van der Waals surface area (Å²) in [5.41, 5.74) is -0.938. The van der Waals surface area contributed by atoms with Crippen LogP contribution < -0.4 is 16.0 Å². The van der Waals surface area contributed by atoms with E-state index < -0.39 is 17.2 Å². The molecule has 0 radical (unpaired) electrons. The number of carbonyl (C=O) groups excluding carboxylic acids is 1. The normalized spacial score (nSPS) is 15.1. The summed E-state index contributed by atoms with van der Waals surface area (Å²) < 4.78 is 7.72. The summed E-state index contributed by atoms with van der Waals surface area (Å²) >= 11 is 0. The lowest BCUT2D eigenvalue weighted by Crippen LogP contribution is -2.57. The minimum absolute atomic E-state index is 0.395. The molecule has 0 atom stereocenters. The third kappa shape index (κ3) is 7.70. The number of alkyl carbamates (subject to hydrolysis) is 1. The lowest BCUT2D eigenvalue weighted by atomic mass is 9.93. The van der Waals surface area contributed by atoms with Crippen molar-refractivity contribution in [3.8, 4) is 0 Å². The van der Waals surface area contributed by atoms with Gasteiger partial charge in [-0.2, -0.15) is 0 Å². The zero-order valence-electron chi connectivity index (χ0n) is 20.2. The molecule has 176 valence electrons. The maximum Gasteiger partial charge on any atom is 0.408 e. The average Bonchev–Trinajstić information content (AvgIpc) is 2.94. The van der Waals surface area contributed by atoms with E-state index in [2.05, 4.69) is 49.6 Å². The van der Waals surface area contributed by atoms with Crippen molar-refractivity contribution in [3.63, 3.8) is 0 Å². The fraction of sp³-hybridized carbons (Fsp3) is 0.818. The molecule has 3 N–H and O–H groups in total. The van der Waals surface area contributed by atoms with Crippen LogP contribution in [0, 0.1) is 0 Å². The average molecular weight is 436 g/mol. The van der Waals surface area contributed by atoms with Gasteiger partial charge in [0, 0.05) is 39.5 Å². The van der Waals surface area contributed by atoms with Crippen molar-refractivity contribution in [2.24, 2.45) is 4.99 Å². The first-order chi connectivity index (χ1) is 14.7.